The molecule has 5 rings (SSSR count). The van der Waals surface area contributed by atoms with Gasteiger partial charge in [0.25, 0.3) is 5.88 Å². The largest absolute Gasteiger partial charge is 0.478 e. The van der Waals surface area contributed by atoms with Crippen LogP contribution in [-0.4, -0.2) is 32.2 Å². The molecule has 4 heterocycles. The number of nitrogens with zero attached hydrogens (tertiary/aromatic N) is 5. The summed E-state index contributed by atoms with van der Waals surface area (Å²) in [5.74, 6) is 0.448. The van der Waals surface area contributed by atoms with Gasteiger partial charge in [0.2, 0.25) is 5.69 Å². The lowest BCUT2D eigenvalue weighted by Crippen LogP contribution is -2.20. The molecule has 0 saturated heterocycles. The summed E-state index contributed by atoms with van der Waals surface area (Å²) in [5, 5.41) is 0.0534. The molecule has 2 aliphatic rings. The zero-order valence-electron chi connectivity index (χ0n) is 18.4. The number of benzene rings is 1. The monoisotopic (exact) mass is 486 g/mol. The normalized spacial score (nSPS) is 17.4. The van der Waals surface area contributed by atoms with Crippen molar-refractivity contribution in [2.75, 3.05) is 7.11 Å². The van der Waals surface area contributed by atoms with E-state index in [1.165, 1.54) is 19.2 Å². The van der Waals surface area contributed by atoms with Crippen LogP contribution in [0.2, 0.25) is 5.02 Å². The van der Waals surface area contributed by atoms with Gasteiger partial charge in [0, 0.05) is 35.6 Å². The van der Waals surface area contributed by atoms with Crippen LogP contribution in [0.25, 0.3) is 11.4 Å². The Morgan fingerprint density at radius 1 is 1.18 bits per heavy atom. The van der Waals surface area contributed by atoms with Crippen LogP contribution in [0.4, 0.5) is 18.9 Å². The highest BCUT2D eigenvalue weighted by molar-refractivity contribution is 6.30. The van der Waals surface area contributed by atoms with Crippen LogP contribution < -0.4 is 4.74 Å². The number of hydrogen-bond acceptors (Lipinski definition) is 4. The van der Waals surface area contributed by atoms with Gasteiger partial charge in [-0.3, -0.25) is 0 Å². The zero-order chi connectivity index (χ0) is 24.0. The molecule has 0 spiro atoms. The molecule has 1 aromatic carbocycles. The maximum absolute atomic E-state index is 13.8. The maximum atomic E-state index is 13.8. The lowest BCUT2D eigenvalue weighted by molar-refractivity contribution is -0.351. The first-order valence-corrected chi connectivity index (χ1v) is 11.1. The molecule has 0 fully saturated rings. The van der Waals surface area contributed by atoms with Gasteiger partial charge in [-0.15, -0.1) is 4.58 Å². The van der Waals surface area contributed by atoms with Crippen LogP contribution in [0.5, 0.6) is 5.88 Å². The zero-order valence-corrected chi connectivity index (χ0v) is 19.2. The number of hydrogen-bond donors (Lipinski definition) is 0. The fourth-order valence-corrected chi connectivity index (χ4v) is 4.56. The van der Waals surface area contributed by atoms with Gasteiger partial charge >= 0.3 is 12.2 Å². The average Bonchev–Trinajstić information content (AvgIpc) is 3.44. The van der Waals surface area contributed by atoms with Crippen molar-refractivity contribution in [2.45, 2.75) is 38.4 Å². The van der Waals surface area contributed by atoms with Gasteiger partial charge in [0.05, 0.1) is 18.4 Å². The Morgan fingerprint density at radius 2 is 2.00 bits per heavy atom. The number of fused-ring (bicyclic) bond motifs is 1. The SMILES string of the molecule is COc1nc(-c2cn3c(n2)C(c2ccc(Cl)cc2C(F)(F)F)CCC3)ccc1[N+]1=C=NC(C)=C1. The number of aliphatic imine (C=N–C) groups is 1. The van der Waals surface area contributed by atoms with Gasteiger partial charge in [-0.1, -0.05) is 17.7 Å². The summed E-state index contributed by atoms with van der Waals surface area (Å²) in [5.41, 5.74) is 2.07. The van der Waals surface area contributed by atoms with Crippen molar-refractivity contribution < 1.29 is 22.5 Å². The molecule has 0 aliphatic carbocycles. The van der Waals surface area contributed by atoms with Crippen LogP contribution in [0.1, 0.15) is 42.6 Å². The first-order chi connectivity index (χ1) is 16.2. The number of imidazole rings is 1. The Hall–Kier alpha value is -3.42. The van der Waals surface area contributed by atoms with Crippen LogP contribution in [-0.2, 0) is 12.7 Å². The molecule has 0 bridgehead atoms. The van der Waals surface area contributed by atoms with Crippen molar-refractivity contribution in [3.05, 3.63) is 70.4 Å². The lowest BCUT2D eigenvalue weighted by Gasteiger charge is -2.26. The van der Waals surface area contributed by atoms with E-state index in [9.17, 15) is 13.2 Å². The molecule has 0 radical (unpaired) electrons. The highest BCUT2D eigenvalue weighted by Crippen LogP contribution is 2.42. The predicted molar refractivity (Wildman–Crippen MR) is 121 cm³/mol. The van der Waals surface area contributed by atoms with Crippen molar-refractivity contribution in [3.63, 3.8) is 0 Å². The van der Waals surface area contributed by atoms with E-state index in [2.05, 4.69) is 16.0 Å². The van der Waals surface area contributed by atoms with Crippen LogP contribution in [0.3, 0.4) is 0 Å². The third kappa shape index (κ3) is 4.02. The lowest BCUT2D eigenvalue weighted by atomic mass is 9.87. The second kappa shape index (κ2) is 8.42. The van der Waals surface area contributed by atoms with Crippen molar-refractivity contribution in [1.29, 1.82) is 0 Å². The molecule has 2 aliphatic heterocycles. The molecule has 1 atom stereocenters. The number of aromatic nitrogens is 3. The molecule has 174 valence electrons. The van der Waals surface area contributed by atoms with Gasteiger partial charge in [-0.2, -0.15) is 13.2 Å². The predicted octanol–water partition coefficient (Wildman–Crippen LogP) is 6.24. The smallest absolute Gasteiger partial charge is 0.416 e. The highest BCUT2D eigenvalue weighted by atomic mass is 35.5. The molecule has 34 heavy (non-hydrogen) atoms. The Bertz CT molecular complexity index is 1390. The van der Waals surface area contributed by atoms with Crippen molar-refractivity contribution in [1.82, 2.24) is 14.5 Å². The Morgan fingerprint density at radius 3 is 2.71 bits per heavy atom. The molecule has 10 heteroatoms. The van der Waals surface area contributed by atoms with Gasteiger partial charge < -0.3 is 9.30 Å². The number of methoxy groups -OCH3 is 1. The van der Waals surface area contributed by atoms with E-state index in [1.54, 1.807) is 10.6 Å². The molecule has 0 saturated carbocycles. The molecule has 1 unspecified atom stereocenters. The second-order valence-electron chi connectivity index (χ2n) is 8.18. The minimum Gasteiger partial charge on any atom is -0.478 e. The molecular formula is C24H20ClF3N5O+. The van der Waals surface area contributed by atoms with E-state index in [0.717, 1.165) is 18.2 Å². The van der Waals surface area contributed by atoms with Gasteiger partial charge in [0.15, 0.2) is 11.9 Å². The number of pyridine rings is 1. The average molecular weight is 487 g/mol. The summed E-state index contributed by atoms with van der Waals surface area (Å²) in [6.07, 6.45) is 0.431. The quantitative estimate of drug-likeness (QED) is 0.410. The summed E-state index contributed by atoms with van der Waals surface area (Å²) < 4.78 is 50.4. The van der Waals surface area contributed by atoms with Crippen molar-refractivity contribution in [2.24, 2.45) is 4.99 Å². The summed E-state index contributed by atoms with van der Waals surface area (Å²) in [7, 11) is 1.52. The van der Waals surface area contributed by atoms with Crippen LogP contribution >= 0.6 is 11.6 Å². The number of allylic oxidation sites excluding steroid dienone is 1. The molecule has 0 N–H and O–H groups in total. The molecule has 3 aromatic rings. The summed E-state index contributed by atoms with van der Waals surface area (Å²) in [4.78, 5) is 13.4. The Kier molecular flexibility index (Phi) is 5.54. The third-order valence-electron chi connectivity index (χ3n) is 5.91. The minimum absolute atomic E-state index is 0.0534. The molecule has 6 nitrogen and oxygen atoms in total. The molecular weight excluding hydrogens is 467 g/mol. The van der Waals surface area contributed by atoms with Gasteiger partial charge in [-0.05, 0) is 42.7 Å². The fraction of sp³-hybridized carbons (Fsp3) is 0.292. The van der Waals surface area contributed by atoms with Crippen LogP contribution in [0.15, 0.2) is 53.4 Å². The Labute approximate surface area is 198 Å². The fourth-order valence-electron chi connectivity index (χ4n) is 4.39. The number of alkyl halides is 3. The standard InChI is InChI=1S/C24H20ClF3N5O/c1-14-11-33(13-29-14)21-8-7-19(31-23(21)34-2)20-12-32-9-3-4-17(22(32)30-20)16-6-5-15(25)10-18(16)24(26,27)28/h5-8,10-12,17H,3-4,9H2,1-2H3/q+1. The van der Waals surface area contributed by atoms with E-state index < -0.39 is 17.7 Å². The maximum Gasteiger partial charge on any atom is 0.416 e. The summed E-state index contributed by atoms with van der Waals surface area (Å²) in [6.45, 7) is 2.53. The number of rotatable bonds is 4. The van der Waals surface area contributed by atoms with Crippen molar-refractivity contribution in [3.8, 4) is 17.3 Å². The minimum atomic E-state index is -4.51. The highest BCUT2D eigenvalue weighted by Gasteiger charge is 2.37. The first kappa shape index (κ1) is 22.4. The number of ether oxygens (including phenoxy) is 1. The van der Waals surface area contributed by atoms with Gasteiger partial charge in [-0.25, -0.2) is 9.97 Å². The number of halogens is 4. The van der Waals surface area contributed by atoms with Crippen LogP contribution in [0, 0.1) is 0 Å². The van der Waals surface area contributed by atoms with E-state index in [4.69, 9.17) is 21.3 Å². The third-order valence-corrected chi connectivity index (χ3v) is 6.15. The number of aryl methyl sites for hydroxylation is 1. The summed E-state index contributed by atoms with van der Waals surface area (Å²) in [6, 6.07) is 10.4. The first-order valence-electron chi connectivity index (χ1n) is 10.7. The molecule has 2 aromatic heterocycles. The van der Waals surface area contributed by atoms with E-state index in [-0.39, 0.29) is 10.6 Å². The van der Waals surface area contributed by atoms with Crippen molar-refractivity contribution >= 4 is 23.3 Å². The Balaban J connectivity index is 1.55. The topological polar surface area (TPSA) is 55.3 Å². The van der Waals surface area contributed by atoms with E-state index >= 15 is 0 Å². The van der Waals surface area contributed by atoms with E-state index in [1.807, 2.05) is 30.0 Å². The van der Waals surface area contributed by atoms with Gasteiger partial charge in [0.1, 0.15) is 11.5 Å². The summed E-state index contributed by atoms with van der Waals surface area (Å²) >= 11 is 5.88. The second-order valence-corrected chi connectivity index (χ2v) is 8.62. The van der Waals surface area contributed by atoms with E-state index in [0.29, 0.717) is 41.7 Å². The molecule has 0 amide bonds.